The molecule has 0 aromatic carbocycles. The van der Waals surface area contributed by atoms with Crippen molar-refractivity contribution in [2.75, 3.05) is 13.1 Å². The second-order valence-electron chi connectivity index (χ2n) is 5.50. The fourth-order valence-electron chi connectivity index (χ4n) is 2.76. The zero-order valence-corrected chi connectivity index (χ0v) is 13.0. The Morgan fingerprint density at radius 1 is 1.50 bits per heavy atom. The number of hydrogen-bond donors (Lipinski definition) is 1. The van der Waals surface area contributed by atoms with E-state index in [-0.39, 0.29) is 18.5 Å². The summed E-state index contributed by atoms with van der Waals surface area (Å²) in [4.78, 5) is 15.2. The second-order valence-corrected chi connectivity index (χ2v) is 6.54. The van der Waals surface area contributed by atoms with Gasteiger partial charge in [0, 0.05) is 42.9 Å². The molecule has 22 heavy (non-hydrogen) atoms. The Hall–Kier alpha value is -1.73. The molecule has 1 saturated heterocycles. The number of likely N-dealkylation sites (tertiary alicyclic amines) is 1. The van der Waals surface area contributed by atoms with Gasteiger partial charge in [-0.1, -0.05) is 6.07 Å². The lowest BCUT2D eigenvalue weighted by Crippen LogP contribution is -2.40. The highest BCUT2D eigenvalue weighted by molar-refractivity contribution is 7.09. The van der Waals surface area contributed by atoms with E-state index in [1.165, 1.54) is 4.88 Å². The van der Waals surface area contributed by atoms with E-state index in [1.54, 1.807) is 34.5 Å². The number of carbonyl (C=O) groups excluding carboxylic acids is 1. The highest BCUT2D eigenvalue weighted by Gasteiger charge is 2.32. The zero-order valence-electron chi connectivity index (χ0n) is 12.2. The van der Waals surface area contributed by atoms with Crippen LogP contribution in [0.5, 0.6) is 0 Å². The fourth-order valence-corrected chi connectivity index (χ4v) is 3.49. The summed E-state index contributed by atoms with van der Waals surface area (Å²) < 4.78 is 15.3. The number of amides is 1. The summed E-state index contributed by atoms with van der Waals surface area (Å²) in [6.07, 6.45) is 3.05. The van der Waals surface area contributed by atoms with Crippen LogP contribution in [0.25, 0.3) is 0 Å². The van der Waals surface area contributed by atoms with Crippen LogP contribution in [0.1, 0.15) is 11.3 Å². The van der Waals surface area contributed by atoms with Crippen molar-refractivity contribution in [2.24, 2.45) is 0 Å². The van der Waals surface area contributed by atoms with Crippen LogP contribution in [0.2, 0.25) is 0 Å². The number of nitrogens with one attached hydrogen (secondary N) is 1. The van der Waals surface area contributed by atoms with Crippen molar-refractivity contribution in [1.82, 2.24) is 20.0 Å². The Morgan fingerprint density at radius 3 is 3.14 bits per heavy atom. The minimum Gasteiger partial charge on any atom is -0.353 e. The average Bonchev–Trinajstić information content (AvgIpc) is 3.20. The van der Waals surface area contributed by atoms with E-state index in [9.17, 15) is 9.18 Å². The topological polar surface area (TPSA) is 50.2 Å². The molecule has 0 bridgehead atoms. The van der Waals surface area contributed by atoms with Crippen LogP contribution in [0.15, 0.2) is 36.0 Å². The molecule has 2 atom stereocenters. The van der Waals surface area contributed by atoms with Gasteiger partial charge in [-0.25, -0.2) is 4.39 Å². The number of thiophene rings is 1. The van der Waals surface area contributed by atoms with E-state index in [1.807, 2.05) is 11.4 Å². The van der Waals surface area contributed by atoms with Crippen LogP contribution in [0, 0.1) is 0 Å². The number of aromatic nitrogens is 2. The van der Waals surface area contributed by atoms with Crippen LogP contribution in [-0.2, 0) is 17.9 Å². The Labute approximate surface area is 132 Å². The third-order valence-corrected chi connectivity index (χ3v) is 4.68. The molecule has 0 radical (unpaired) electrons. The predicted octanol–water partition coefficient (Wildman–Crippen LogP) is 1.67. The molecular weight excluding hydrogens is 303 g/mol. The first-order chi connectivity index (χ1) is 10.7. The summed E-state index contributed by atoms with van der Waals surface area (Å²) in [6, 6.07) is 5.90. The van der Waals surface area contributed by atoms with Crippen LogP contribution in [-0.4, -0.2) is 45.9 Å². The van der Waals surface area contributed by atoms with E-state index in [4.69, 9.17) is 0 Å². The molecule has 118 valence electrons. The molecule has 0 aliphatic carbocycles. The number of nitrogens with zero attached hydrogens (tertiary/aromatic N) is 3. The Bertz CT molecular complexity index is 587. The normalized spacial score (nSPS) is 22.0. The molecule has 0 spiro atoms. The number of hydrogen-bond acceptors (Lipinski definition) is 4. The molecule has 3 rings (SSSR count). The number of alkyl halides is 1. The first-order valence-electron chi connectivity index (χ1n) is 7.35. The van der Waals surface area contributed by atoms with Crippen molar-refractivity contribution in [3.8, 4) is 0 Å². The van der Waals surface area contributed by atoms with Crippen molar-refractivity contribution < 1.29 is 9.18 Å². The molecule has 0 unspecified atom stereocenters. The molecule has 3 heterocycles. The number of halogens is 1. The molecule has 5 nitrogen and oxygen atoms in total. The van der Waals surface area contributed by atoms with Crippen LogP contribution >= 0.6 is 11.3 Å². The lowest BCUT2D eigenvalue weighted by Gasteiger charge is -2.23. The van der Waals surface area contributed by atoms with Gasteiger partial charge in [0.05, 0.1) is 0 Å². The smallest absolute Gasteiger partial charge is 0.241 e. The molecule has 1 fully saturated rings. The second kappa shape index (κ2) is 7.02. The van der Waals surface area contributed by atoms with Gasteiger partial charge >= 0.3 is 0 Å². The minimum absolute atomic E-state index is 0.0543. The SMILES string of the molecule is O=C(Cn1cccn1)NC[C@@H]1C[C@H](F)CN1Cc1cccs1. The lowest BCUT2D eigenvalue weighted by molar-refractivity contribution is -0.122. The van der Waals surface area contributed by atoms with E-state index in [0.717, 1.165) is 6.54 Å². The molecule has 0 saturated carbocycles. The molecule has 2 aromatic rings. The van der Waals surface area contributed by atoms with Gasteiger partial charge in [0.15, 0.2) is 0 Å². The molecule has 7 heteroatoms. The summed E-state index contributed by atoms with van der Waals surface area (Å²) in [5.74, 6) is -0.0953. The zero-order chi connectivity index (χ0) is 15.4. The van der Waals surface area contributed by atoms with Crippen molar-refractivity contribution in [3.63, 3.8) is 0 Å². The summed E-state index contributed by atoms with van der Waals surface area (Å²) >= 11 is 1.68. The van der Waals surface area contributed by atoms with E-state index in [2.05, 4.69) is 21.4 Å². The fraction of sp³-hybridized carbons (Fsp3) is 0.467. The first-order valence-corrected chi connectivity index (χ1v) is 8.23. The summed E-state index contributed by atoms with van der Waals surface area (Å²) in [7, 11) is 0. The molecule has 1 aliphatic heterocycles. The molecule has 1 N–H and O–H groups in total. The third kappa shape index (κ3) is 3.92. The highest BCUT2D eigenvalue weighted by Crippen LogP contribution is 2.23. The quantitative estimate of drug-likeness (QED) is 0.880. The average molecular weight is 322 g/mol. The van der Waals surface area contributed by atoms with Gasteiger partial charge in [-0.05, 0) is 23.9 Å². The third-order valence-electron chi connectivity index (χ3n) is 3.82. The van der Waals surface area contributed by atoms with E-state index >= 15 is 0 Å². The van der Waals surface area contributed by atoms with Gasteiger partial charge in [0.25, 0.3) is 0 Å². The summed E-state index contributed by atoms with van der Waals surface area (Å²) in [6.45, 7) is 1.87. The largest absolute Gasteiger partial charge is 0.353 e. The van der Waals surface area contributed by atoms with Gasteiger partial charge < -0.3 is 5.32 Å². The maximum absolute atomic E-state index is 13.7. The van der Waals surface area contributed by atoms with Gasteiger partial charge in [0.1, 0.15) is 12.7 Å². The predicted molar refractivity (Wildman–Crippen MR) is 83.3 cm³/mol. The van der Waals surface area contributed by atoms with Crippen molar-refractivity contribution in [2.45, 2.75) is 31.7 Å². The van der Waals surface area contributed by atoms with Gasteiger partial charge in [-0.2, -0.15) is 5.10 Å². The maximum atomic E-state index is 13.7. The molecule has 1 amide bonds. The Kier molecular flexibility index (Phi) is 4.84. The van der Waals surface area contributed by atoms with Gasteiger partial charge in [-0.15, -0.1) is 11.3 Å². The minimum atomic E-state index is -0.812. The summed E-state index contributed by atoms with van der Waals surface area (Å²) in [5, 5.41) is 8.92. The van der Waals surface area contributed by atoms with Gasteiger partial charge in [-0.3, -0.25) is 14.4 Å². The lowest BCUT2D eigenvalue weighted by atomic mass is 10.2. The molecule has 2 aromatic heterocycles. The molecule has 1 aliphatic rings. The maximum Gasteiger partial charge on any atom is 0.241 e. The van der Waals surface area contributed by atoms with E-state index in [0.29, 0.717) is 19.5 Å². The Balaban J connectivity index is 1.50. The highest BCUT2D eigenvalue weighted by atomic mass is 32.1. The Morgan fingerprint density at radius 2 is 2.41 bits per heavy atom. The standard InChI is InChI=1S/C15H19FN4OS/c16-12-7-13(19(9-12)10-14-3-1-6-22-14)8-17-15(21)11-20-5-2-4-18-20/h1-6,12-13H,7-11H2,(H,17,21)/t12-,13-/m0/s1. The van der Waals surface area contributed by atoms with Crippen LogP contribution in [0.3, 0.4) is 0 Å². The number of rotatable bonds is 6. The van der Waals surface area contributed by atoms with E-state index < -0.39 is 6.17 Å². The first kappa shape index (κ1) is 15.2. The van der Waals surface area contributed by atoms with Crippen molar-refractivity contribution in [3.05, 3.63) is 40.8 Å². The number of carbonyl (C=O) groups is 1. The van der Waals surface area contributed by atoms with Gasteiger partial charge in [0.2, 0.25) is 5.91 Å². The van der Waals surface area contributed by atoms with Crippen molar-refractivity contribution >= 4 is 17.2 Å². The van der Waals surface area contributed by atoms with Crippen molar-refractivity contribution in [1.29, 1.82) is 0 Å². The van der Waals surface area contributed by atoms with Crippen LogP contribution < -0.4 is 5.32 Å². The van der Waals surface area contributed by atoms with Crippen LogP contribution in [0.4, 0.5) is 4.39 Å². The monoisotopic (exact) mass is 322 g/mol. The molecular formula is C15H19FN4OS. The summed E-state index contributed by atoms with van der Waals surface area (Å²) in [5.41, 5.74) is 0.